The Morgan fingerprint density at radius 2 is 1.20 bits per heavy atom. The van der Waals surface area contributed by atoms with Crippen LogP contribution in [0.15, 0.2) is 36.4 Å². The minimum absolute atomic E-state index is 0.166. The predicted octanol–water partition coefficient (Wildman–Crippen LogP) is 12.8. The Balaban J connectivity index is 1.12. The highest BCUT2D eigenvalue weighted by Gasteiger charge is 2.45. The van der Waals surface area contributed by atoms with Gasteiger partial charge in [-0.1, -0.05) is 62.8 Å². The van der Waals surface area contributed by atoms with Crippen molar-refractivity contribution in [2.24, 2.45) is 35.5 Å². The van der Waals surface area contributed by atoms with Crippen molar-refractivity contribution < 1.29 is 35.5 Å². The second-order valence-corrected chi connectivity index (χ2v) is 13.9. The topological polar surface area (TPSA) is 9.23 Å². The molecule has 3 aliphatic rings. The summed E-state index contributed by atoms with van der Waals surface area (Å²) in [6.45, 7) is 2.09. The first-order valence-electron chi connectivity index (χ1n) is 17.4. The van der Waals surface area contributed by atoms with Gasteiger partial charge in [0.25, 0.3) is 0 Å². The van der Waals surface area contributed by atoms with Crippen LogP contribution in [-0.4, -0.2) is 6.11 Å². The number of benzene rings is 1. The van der Waals surface area contributed by atoms with Crippen LogP contribution < -0.4 is 4.74 Å². The molecule has 0 aromatic heterocycles. The Morgan fingerprint density at radius 1 is 0.689 bits per heavy atom. The molecule has 0 amide bonds. The maximum atomic E-state index is 14.8. The average molecular weight is 645 g/mol. The van der Waals surface area contributed by atoms with Gasteiger partial charge in [-0.3, -0.25) is 0 Å². The summed E-state index contributed by atoms with van der Waals surface area (Å²) < 4.78 is 100. The summed E-state index contributed by atoms with van der Waals surface area (Å²) >= 11 is 0. The summed E-state index contributed by atoms with van der Waals surface area (Å²) in [4.78, 5) is 0. The largest absolute Gasteiger partial charge is 0.432 e. The van der Waals surface area contributed by atoms with E-state index in [1.54, 1.807) is 0 Å². The van der Waals surface area contributed by atoms with Gasteiger partial charge in [-0.25, -0.2) is 8.78 Å². The Labute approximate surface area is 265 Å². The standard InChI is InChI=1S/C37H51F7O/c1-2-3-4-5-6-7-8-9-26-12-18-29(19-13-26)30-20-14-27(15-21-30)10-11-28-16-22-31(23-17-28)37(43,44)45-32-24-33(38)35(34(39)25-32)36(40,41)42/h2-3,10-11,24-31H,4-9,12-23H2,1H3/b3-2+,11-10+. The van der Waals surface area contributed by atoms with Gasteiger partial charge in [-0.2, -0.15) is 22.0 Å². The van der Waals surface area contributed by atoms with Crippen molar-refractivity contribution in [3.8, 4) is 5.75 Å². The molecule has 0 unspecified atom stereocenters. The molecule has 8 heteroatoms. The first-order chi connectivity index (χ1) is 21.5. The molecular formula is C37H51F7O. The van der Waals surface area contributed by atoms with Gasteiger partial charge in [0.1, 0.15) is 22.9 Å². The number of allylic oxidation sites excluding steroid dienone is 4. The molecule has 0 saturated heterocycles. The summed E-state index contributed by atoms with van der Waals surface area (Å²) in [6.07, 6.45) is 19.8. The van der Waals surface area contributed by atoms with Gasteiger partial charge in [-0.15, -0.1) is 0 Å². The van der Waals surface area contributed by atoms with Crippen molar-refractivity contribution in [2.75, 3.05) is 0 Å². The quantitative estimate of drug-likeness (QED) is 0.118. The normalized spacial score (nSPS) is 28.6. The molecule has 4 rings (SSSR count). The Hall–Kier alpha value is -1.99. The summed E-state index contributed by atoms with van der Waals surface area (Å²) in [5.74, 6) is -2.70. The third kappa shape index (κ3) is 10.8. The zero-order valence-corrected chi connectivity index (χ0v) is 26.7. The second-order valence-electron chi connectivity index (χ2n) is 13.9. The SMILES string of the molecule is C/C=C/CCCCCCC1CCC(C2CCC(/C=C/C3CCC(C(F)(F)Oc4cc(F)c(C(F)(F)F)c(F)c4)CC3)CC2)CC1. The maximum absolute atomic E-state index is 14.8. The molecule has 3 aliphatic carbocycles. The molecule has 0 bridgehead atoms. The number of halogens is 7. The van der Waals surface area contributed by atoms with Crippen LogP contribution in [0.2, 0.25) is 0 Å². The molecule has 3 saturated carbocycles. The van der Waals surface area contributed by atoms with Gasteiger partial charge in [0.2, 0.25) is 0 Å². The van der Waals surface area contributed by atoms with Crippen LogP contribution in [0.4, 0.5) is 30.7 Å². The molecule has 0 N–H and O–H groups in total. The van der Waals surface area contributed by atoms with E-state index in [2.05, 4.69) is 36.0 Å². The molecule has 45 heavy (non-hydrogen) atoms. The summed E-state index contributed by atoms with van der Waals surface area (Å²) in [7, 11) is 0. The van der Waals surface area contributed by atoms with Crippen LogP contribution in [0.3, 0.4) is 0 Å². The zero-order chi connectivity index (χ0) is 32.5. The highest BCUT2D eigenvalue weighted by atomic mass is 19.4. The minimum Gasteiger partial charge on any atom is -0.432 e. The van der Waals surface area contributed by atoms with Crippen LogP contribution in [-0.2, 0) is 6.18 Å². The van der Waals surface area contributed by atoms with Gasteiger partial charge in [0, 0.05) is 12.1 Å². The van der Waals surface area contributed by atoms with E-state index in [0.717, 1.165) is 17.8 Å². The molecule has 0 atom stereocenters. The van der Waals surface area contributed by atoms with Crippen molar-refractivity contribution in [1.29, 1.82) is 0 Å². The van der Waals surface area contributed by atoms with Crippen molar-refractivity contribution in [3.63, 3.8) is 0 Å². The molecular weight excluding hydrogens is 593 g/mol. The third-order valence-electron chi connectivity index (χ3n) is 10.8. The number of unbranched alkanes of at least 4 members (excludes halogenated alkanes) is 4. The van der Waals surface area contributed by atoms with E-state index in [4.69, 9.17) is 0 Å². The van der Waals surface area contributed by atoms with E-state index in [0.29, 0.717) is 18.8 Å². The molecule has 254 valence electrons. The molecule has 0 radical (unpaired) electrons. The average Bonchev–Trinajstić information content (AvgIpc) is 2.99. The summed E-state index contributed by atoms with van der Waals surface area (Å²) in [5.41, 5.74) is -2.12. The van der Waals surface area contributed by atoms with E-state index in [-0.39, 0.29) is 30.9 Å². The second kappa shape index (κ2) is 16.7. The van der Waals surface area contributed by atoms with Gasteiger partial charge in [0.15, 0.2) is 0 Å². The Kier molecular flexibility index (Phi) is 13.3. The first kappa shape index (κ1) is 35.9. The minimum atomic E-state index is -5.27. The van der Waals surface area contributed by atoms with Gasteiger partial charge in [0.05, 0.1) is 5.92 Å². The Bertz CT molecular complexity index is 1060. The molecule has 1 aromatic carbocycles. The van der Waals surface area contributed by atoms with Crippen LogP contribution in [0, 0.1) is 47.1 Å². The fourth-order valence-corrected chi connectivity index (χ4v) is 8.05. The number of alkyl halides is 5. The lowest BCUT2D eigenvalue weighted by molar-refractivity contribution is -0.223. The molecule has 0 spiro atoms. The van der Waals surface area contributed by atoms with Crippen molar-refractivity contribution in [2.45, 2.75) is 135 Å². The monoisotopic (exact) mass is 644 g/mol. The lowest BCUT2D eigenvalue weighted by Crippen LogP contribution is -2.37. The van der Waals surface area contributed by atoms with E-state index in [9.17, 15) is 30.7 Å². The van der Waals surface area contributed by atoms with Crippen LogP contribution in [0.5, 0.6) is 5.75 Å². The third-order valence-corrected chi connectivity index (χ3v) is 10.8. The van der Waals surface area contributed by atoms with Crippen molar-refractivity contribution in [3.05, 3.63) is 53.6 Å². The molecule has 1 aromatic rings. The molecule has 3 fully saturated rings. The highest BCUT2D eigenvalue weighted by molar-refractivity contribution is 5.32. The summed E-state index contributed by atoms with van der Waals surface area (Å²) in [5, 5.41) is 0. The molecule has 0 aliphatic heterocycles. The van der Waals surface area contributed by atoms with Crippen LogP contribution >= 0.6 is 0 Å². The highest BCUT2D eigenvalue weighted by Crippen LogP contribution is 2.44. The number of hydrogen-bond donors (Lipinski definition) is 0. The van der Waals surface area contributed by atoms with Crippen LogP contribution in [0.25, 0.3) is 0 Å². The van der Waals surface area contributed by atoms with Gasteiger partial charge >= 0.3 is 12.3 Å². The number of ether oxygens (including phenoxy) is 1. The van der Waals surface area contributed by atoms with Crippen molar-refractivity contribution >= 4 is 0 Å². The van der Waals surface area contributed by atoms with E-state index < -0.39 is 41.2 Å². The fraction of sp³-hybridized carbons (Fsp3) is 0.730. The fourth-order valence-electron chi connectivity index (χ4n) is 8.05. The summed E-state index contributed by atoms with van der Waals surface area (Å²) in [6, 6.07) is 0.342. The van der Waals surface area contributed by atoms with Crippen LogP contribution in [0.1, 0.15) is 128 Å². The number of rotatable bonds is 13. The van der Waals surface area contributed by atoms with Gasteiger partial charge in [-0.05, 0) is 114 Å². The van der Waals surface area contributed by atoms with E-state index in [1.807, 2.05) is 0 Å². The van der Waals surface area contributed by atoms with E-state index in [1.165, 1.54) is 89.9 Å². The Morgan fingerprint density at radius 3 is 1.73 bits per heavy atom. The number of hydrogen-bond acceptors (Lipinski definition) is 1. The van der Waals surface area contributed by atoms with E-state index >= 15 is 0 Å². The molecule has 0 heterocycles. The maximum Gasteiger partial charge on any atom is 0.422 e. The van der Waals surface area contributed by atoms with Crippen molar-refractivity contribution in [1.82, 2.24) is 0 Å². The predicted molar refractivity (Wildman–Crippen MR) is 165 cm³/mol. The smallest absolute Gasteiger partial charge is 0.422 e. The lowest BCUT2D eigenvalue weighted by Gasteiger charge is -2.37. The zero-order valence-electron chi connectivity index (χ0n) is 26.7. The van der Waals surface area contributed by atoms with Gasteiger partial charge < -0.3 is 4.74 Å². The lowest BCUT2D eigenvalue weighted by atomic mass is 9.68. The first-order valence-corrected chi connectivity index (χ1v) is 17.4. The molecule has 1 nitrogen and oxygen atoms in total.